The molecule has 0 saturated carbocycles. The van der Waals surface area contributed by atoms with Gasteiger partial charge in [0.2, 0.25) is 6.43 Å². The first-order valence-electron chi connectivity index (χ1n) is 19.4. The van der Waals surface area contributed by atoms with Crippen molar-refractivity contribution in [2.45, 2.75) is 127 Å². The van der Waals surface area contributed by atoms with Crippen LogP contribution in [0.1, 0.15) is 131 Å². The fourth-order valence-electron chi connectivity index (χ4n) is 7.01. The maximum Gasteiger partial charge on any atom is 0.238 e. The van der Waals surface area contributed by atoms with Crippen LogP contribution in [-0.4, -0.2) is 19.1 Å². The molecular formula is C46H56F3NO2. The molecule has 0 N–H and O–H groups in total. The lowest BCUT2D eigenvalue weighted by Gasteiger charge is -2.37. The number of unbranched alkanes of at least 4 members (excludes halogenated alkanes) is 13. The number of halogens is 3. The van der Waals surface area contributed by atoms with E-state index in [1.807, 2.05) is 60.7 Å². The zero-order valence-corrected chi connectivity index (χ0v) is 30.7. The molecule has 0 aliphatic heterocycles. The van der Waals surface area contributed by atoms with Crippen molar-refractivity contribution in [3.05, 3.63) is 143 Å². The molecule has 4 rings (SSSR count). The molecule has 0 unspecified atom stereocenters. The van der Waals surface area contributed by atoms with Gasteiger partial charge in [0.05, 0.1) is 31.0 Å². The summed E-state index contributed by atoms with van der Waals surface area (Å²) in [5, 5.41) is 9.38. The van der Waals surface area contributed by atoms with Gasteiger partial charge in [0, 0.05) is 6.42 Å². The molecule has 0 fully saturated rings. The second-order valence-corrected chi connectivity index (χ2v) is 13.9. The monoisotopic (exact) mass is 711 g/mol. The van der Waals surface area contributed by atoms with Crippen molar-refractivity contribution < 1.29 is 22.6 Å². The minimum absolute atomic E-state index is 0.0448. The number of hydrogen-bond donors (Lipinski definition) is 0. The number of nitriles is 1. The average Bonchev–Trinajstić information content (AvgIpc) is 3.17. The predicted octanol–water partition coefficient (Wildman–Crippen LogP) is 13.1. The Morgan fingerprint density at radius 1 is 0.558 bits per heavy atom. The summed E-state index contributed by atoms with van der Waals surface area (Å²) in [7, 11) is 0. The van der Waals surface area contributed by atoms with Gasteiger partial charge in [-0.1, -0.05) is 174 Å². The standard InChI is InChI=1S/C46H56F3NO2/c47-43-33-38(35-50)32-39(34-43)36-51-44(30-22-11-9-7-5-3-1-2-4-6-8-10-12-23-31-45(48)49)37-52-46(40-24-16-13-17-25-40,41-26-18-14-19-27-41)42-28-20-15-21-29-42/h13-21,24-29,32-34,44-45H,1-12,22-23,30-31,36-37H2/t44-/m1/s1. The van der Waals surface area contributed by atoms with Crippen LogP contribution in [0.4, 0.5) is 13.2 Å². The smallest absolute Gasteiger partial charge is 0.238 e. The van der Waals surface area contributed by atoms with E-state index in [4.69, 9.17) is 9.47 Å². The topological polar surface area (TPSA) is 42.2 Å². The van der Waals surface area contributed by atoms with E-state index in [2.05, 4.69) is 36.4 Å². The minimum atomic E-state index is -2.16. The van der Waals surface area contributed by atoms with Gasteiger partial charge in [0.25, 0.3) is 0 Å². The summed E-state index contributed by atoms with van der Waals surface area (Å²) in [6.07, 6.45) is 14.2. The summed E-state index contributed by atoms with van der Waals surface area (Å²) >= 11 is 0. The lowest BCUT2D eigenvalue weighted by molar-refractivity contribution is -0.0731. The third-order valence-corrected chi connectivity index (χ3v) is 9.80. The first-order chi connectivity index (χ1) is 25.5. The number of ether oxygens (including phenoxy) is 2. The third kappa shape index (κ3) is 13.9. The van der Waals surface area contributed by atoms with Gasteiger partial charge < -0.3 is 9.47 Å². The second kappa shape index (κ2) is 23.6. The predicted molar refractivity (Wildman–Crippen MR) is 205 cm³/mol. The number of hydrogen-bond acceptors (Lipinski definition) is 3. The highest BCUT2D eigenvalue weighted by molar-refractivity contribution is 5.47. The van der Waals surface area contributed by atoms with Gasteiger partial charge in [-0.25, -0.2) is 13.2 Å². The summed E-state index contributed by atoms with van der Waals surface area (Å²) in [5.74, 6) is -0.443. The summed E-state index contributed by atoms with van der Waals surface area (Å²) in [5.41, 5.74) is 3.12. The number of benzene rings is 4. The van der Waals surface area contributed by atoms with Crippen LogP contribution in [0.3, 0.4) is 0 Å². The molecule has 0 heterocycles. The Bertz CT molecular complexity index is 1460. The van der Waals surface area contributed by atoms with E-state index in [0.29, 0.717) is 18.6 Å². The maximum absolute atomic E-state index is 14.3. The highest BCUT2D eigenvalue weighted by Crippen LogP contribution is 2.40. The van der Waals surface area contributed by atoms with E-state index in [9.17, 15) is 18.4 Å². The van der Waals surface area contributed by atoms with Crippen LogP contribution >= 0.6 is 0 Å². The molecule has 3 nitrogen and oxygen atoms in total. The highest BCUT2D eigenvalue weighted by atomic mass is 19.3. The van der Waals surface area contributed by atoms with Crippen LogP contribution < -0.4 is 0 Å². The fraction of sp³-hybridized carbons (Fsp3) is 0.457. The Labute approximate surface area is 310 Å². The Kier molecular flexibility index (Phi) is 18.5. The Hall–Kier alpha value is -3.92. The van der Waals surface area contributed by atoms with E-state index in [1.165, 1.54) is 63.5 Å². The van der Waals surface area contributed by atoms with Crippen LogP contribution in [0, 0.1) is 17.1 Å². The molecular weight excluding hydrogens is 656 g/mol. The average molecular weight is 712 g/mol. The Morgan fingerprint density at radius 2 is 0.981 bits per heavy atom. The highest BCUT2D eigenvalue weighted by Gasteiger charge is 2.38. The van der Waals surface area contributed by atoms with Gasteiger partial charge in [-0.15, -0.1) is 0 Å². The molecule has 6 heteroatoms. The van der Waals surface area contributed by atoms with E-state index in [1.54, 1.807) is 6.07 Å². The molecule has 52 heavy (non-hydrogen) atoms. The van der Waals surface area contributed by atoms with Gasteiger partial charge in [-0.3, -0.25) is 0 Å². The molecule has 0 radical (unpaired) electrons. The molecule has 0 spiro atoms. The summed E-state index contributed by atoms with van der Waals surface area (Å²) in [4.78, 5) is 0. The molecule has 4 aromatic carbocycles. The van der Waals surface area contributed by atoms with E-state index < -0.39 is 17.8 Å². The molecule has 1 atom stereocenters. The van der Waals surface area contributed by atoms with Gasteiger partial charge in [-0.05, 0) is 53.3 Å². The van der Waals surface area contributed by atoms with Crippen molar-refractivity contribution in [2.24, 2.45) is 0 Å². The third-order valence-electron chi connectivity index (χ3n) is 9.80. The van der Waals surface area contributed by atoms with E-state index in [-0.39, 0.29) is 24.7 Å². The molecule has 0 amide bonds. The lowest BCUT2D eigenvalue weighted by Crippen LogP contribution is -2.36. The molecule has 0 saturated heterocycles. The summed E-state index contributed by atoms with van der Waals surface area (Å²) in [6.45, 7) is 0.517. The molecule has 4 aromatic rings. The van der Waals surface area contributed by atoms with Crippen molar-refractivity contribution >= 4 is 0 Å². The quantitative estimate of drug-likeness (QED) is 0.0481. The summed E-state index contributed by atoms with van der Waals surface area (Å²) < 4.78 is 52.3. The van der Waals surface area contributed by atoms with Gasteiger partial charge in [-0.2, -0.15) is 5.26 Å². The molecule has 0 aliphatic rings. The second-order valence-electron chi connectivity index (χ2n) is 13.9. The Morgan fingerprint density at radius 3 is 1.40 bits per heavy atom. The summed E-state index contributed by atoms with van der Waals surface area (Å²) in [6, 6.07) is 37.3. The van der Waals surface area contributed by atoms with E-state index in [0.717, 1.165) is 55.2 Å². The van der Waals surface area contributed by atoms with Crippen LogP contribution in [-0.2, 0) is 21.7 Å². The number of nitrogens with zero attached hydrogens (tertiary/aromatic N) is 1. The van der Waals surface area contributed by atoms with Crippen LogP contribution in [0.5, 0.6) is 0 Å². The van der Waals surface area contributed by atoms with Gasteiger partial charge >= 0.3 is 0 Å². The van der Waals surface area contributed by atoms with Crippen molar-refractivity contribution in [3.63, 3.8) is 0 Å². The van der Waals surface area contributed by atoms with Crippen molar-refractivity contribution in [3.8, 4) is 6.07 Å². The number of rotatable bonds is 26. The zero-order chi connectivity index (χ0) is 36.7. The van der Waals surface area contributed by atoms with Crippen molar-refractivity contribution in [1.82, 2.24) is 0 Å². The molecule has 0 aromatic heterocycles. The molecule has 0 bridgehead atoms. The fourth-order valence-corrected chi connectivity index (χ4v) is 7.01. The van der Waals surface area contributed by atoms with Crippen LogP contribution in [0.2, 0.25) is 0 Å². The Balaban J connectivity index is 1.32. The van der Waals surface area contributed by atoms with Crippen molar-refractivity contribution in [1.29, 1.82) is 5.26 Å². The van der Waals surface area contributed by atoms with Crippen molar-refractivity contribution in [2.75, 3.05) is 6.61 Å². The van der Waals surface area contributed by atoms with E-state index >= 15 is 0 Å². The normalized spacial score (nSPS) is 12.2. The molecule has 0 aliphatic carbocycles. The van der Waals surface area contributed by atoms with Gasteiger partial charge in [0.15, 0.2) is 0 Å². The minimum Gasteiger partial charge on any atom is -0.371 e. The lowest BCUT2D eigenvalue weighted by atomic mass is 9.80. The molecule has 278 valence electrons. The SMILES string of the molecule is N#Cc1cc(F)cc(CO[C@H](CCCCCCCCCCCCCCCCC(F)F)COC(c2ccccc2)(c2ccccc2)c2ccccc2)c1. The first kappa shape index (κ1) is 40.8. The number of alkyl halides is 2. The maximum atomic E-state index is 14.3. The van der Waals surface area contributed by atoms with Gasteiger partial charge in [0.1, 0.15) is 11.4 Å². The zero-order valence-electron chi connectivity index (χ0n) is 30.7. The first-order valence-corrected chi connectivity index (χ1v) is 19.4. The largest absolute Gasteiger partial charge is 0.371 e. The van der Waals surface area contributed by atoms with Crippen LogP contribution in [0.15, 0.2) is 109 Å². The van der Waals surface area contributed by atoms with Crippen LogP contribution in [0.25, 0.3) is 0 Å².